The highest BCUT2D eigenvalue weighted by molar-refractivity contribution is 6.04. The summed E-state index contributed by atoms with van der Waals surface area (Å²) in [5, 5.41) is 2.34. The van der Waals surface area contributed by atoms with Crippen molar-refractivity contribution in [2.75, 3.05) is 5.32 Å². The molecule has 0 atom stereocenters. The smallest absolute Gasteiger partial charge is 0.262 e. The fourth-order valence-corrected chi connectivity index (χ4v) is 1.84. The van der Waals surface area contributed by atoms with E-state index in [9.17, 15) is 13.6 Å². The Hall–Kier alpha value is -3.16. The zero-order chi connectivity index (χ0) is 15.5. The fraction of sp³-hybridized carbons (Fsp3) is 0. The van der Waals surface area contributed by atoms with Crippen molar-refractivity contribution in [1.29, 1.82) is 0 Å². The van der Waals surface area contributed by atoms with Crippen LogP contribution in [0.15, 0.2) is 49.3 Å². The van der Waals surface area contributed by atoms with Crippen molar-refractivity contribution in [2.45, 2.75) is 0 Å². The predicted octanol–water partition coefficient (Wildman–Crippen LogP) is 2.19. The van der Waals surface area contributed by atoms with E-state index in [4.69, 9.17) is 0 Å². The molecule has 6 nitrogen and oxygen atoms in total. The quantitative estimate of drug-likeness (QED) is 0.805. The maximum absolute atomic E-state index is 13.6. The maximum Gasteiger partial charge on any atom is 0.262 e. The zero-order valence-electron chi connectivity index (χ0n) is 11.1. The lowest BCUT2D eigenvalue weighted by Gasteiger charge is -2.07. The van der Waals surface area contributed by atoms with Crippen LogP contribution >= 0.6 is 0 Å². The maximum atomic E-state index is 13.6. The van der Waals surface area contributed by atoms with E-state index in [2.05, 4.69) is 20.3 Å². The fourth-order valence-electron chi connectivity index (χ4n) is 1.84. The van der Waals surface area contributed by atoms with E-state index in [0.717, 1.165) is 12.1 Å². The number of benzene rings is 1. The number of halogens is 2. The van der Waals surface area contributed by atoms with Gasteiger partial charge in [-0.25, -0.2) is 23.7 Å². The number of imidazole rings is 1. The van der Waals surface area contributed by atoms with Crippen molar-refractivity contribution < 1.29 is 13.6 Å². The van der Waals surface area contributed by atoms with Crippen molar-refractivity contribution in [3.63, 3.8) is 0 Å². The number of anilines is 1. The van der Waals surface area contributed by atoms with Crippen LogP contribution in [0.1, 0.15) is 10.4 Å². The second-order valence-corrected chi connectivity index (χ2v) is 4.28. The van der Waals surface area contributed by atoms with E-state index in [1.165, 1.54) is 24.8 Å². The first-order valence-corrected chi connectivity index (χ1v) is 6.21. The SMILES string of the molecule is O=C(Nc1cc(-n2ccnc2)ncn1)c1c(F)cccc1F. The van der Waals surface area contributed by atoms with E-state index < -0.39 is 23.1 Å². The van der Waals surface area contributed by atoms with Gasteiger partial charge in [0.2, 0.25) is 0 Å². The van der Waals surface area contributed by atoms with Gasteiger partial charge in [-0.05, 0) is 12.1 Å². The van der Waals surface area contributed by atoms with Crippen LogP contribution in [0.5, 0.6) is 0 Å². The van der Waals surface area contributed by atoms with Crippen LogP contribution in [0.4, 0.5) is 14.6 Å². The summed E-state index contributed by atoms with van der Waals surface area (Å²) in [5.74, 6) is -2.24. The molecular weight excluding hydrogens is 292 g/mol. The van der Waals surface area contributed by atoms with Gasteiger partial charge < -0.3 is 5.32 Å². The van der Waals surface area contributed by atoms with Crippen LogP contribution < -0.4 is 5.32 Å². The Labute approximate surface area is 123 Å². The summed E-state index contributed by atoms with van der Waals surface area (Å²) >= 11 is 0. The number of carbonyl (C=O) groups excluding carboxylic acids is 1. The highest BCUT2D eigenvalue weighted by Crippen LogP contribution is 2.15. The number of amides is 1. The molecule has 3 rings (SSSR count). The third kappa shape index (κ3) is 2.66. The van der Waals surface area contributed by atoms with E-state index in [0.29, 0.717) is 5.82 Å². The minimum absolute atomic E-state index is 0.117. The van der Waals surface area contributed by atoms with Gasteiger partial charge in [0.15, 0.2) is 0 Å². The third-order valence-electron chi connectivity index (χ3n) is 2.85. The first-order valence-electron chi connectivity index (χ1n) is 6.21. The summed E-state index contributed by atoms with van der Waals surface area (Å²) in [4.78, 5) is 23.7. The molecule has 1 N–H and O–H groups in total. The predicted molar refractivity (Wildman–Crippen MR) is 73.5 cm³/mol. The third-order valence-corrected chi connectivity index (χ3v) is 2.85. The molecule has 0 aliphatic rings. The molecular formula is C14H9F2N5O. The van der Waals surface area contributed by atoms with Crippen LogP contribution in [0.2, 0.25) is 0 Å². The van der Waals surface area contributed by atoms with Gasteiger partial charge in [0.25, 0.3) is 5.91 Å². The van der Waals surface area contributed by atoms with Gasteiger partial charge >= 0.3 is 0 Å². The summed E-state index contributed by atoms with van der Waals surface area (Å²) in [5.41, 5.74) is -0.662. The summed E-state index contributed by atoms with van der Waals surface area (Å²) in [6, 6.07) is 4.66. The van der Waals surface area contributed by atoms with Gasteiger partial charge in [0.05, 0.1) is 0 Å². The molecule has 0 aliphatic heterocycles. The number of hydrogen-bond donors (Lipinski definition) is 1. The van der Waals surface area contributed by atoms with Crippen molar-refractivity contribution >= 4 is 11.7 Å². The van der Waals surface area contributed by atoms with Gasteiger partial charge in [-0.2, -0.15) is 0 Å². The van der Waals surface area contributed by atoms with Crippen molar-refractivity contribution in [2.24, 2.45) is 0 Å². The molecule has 0 saturated carbocycles. The zero-order valence-corrected chi connectivity index (χ0v) is 11.1. The Bertz CT molecular complexity index is 800. The van der Waals surface area contributed by atoms with E-state index in [1.807, 2.05) is 0 Å². The van der Waals surface area contributed by atoms with Crippen LogP contribution in [0.25, 0.3) is 5.82 Å². The molecule has 8 heteroatoms. The molecule has 1 aromatic carbocycles. The average Bonchev–Trinajstić information content (AvgIpc) is 3.01. The summed E-state index contributed by atoms with van der Waals surface area (Å²) in [6.07, 6.45) is 5.96. The standard InChI is InChI=1S/C14H9F2N5O/c15-9-2-1-3-10(16)13(9)14(22)20-11-6-12(19-7-18-11)21-5-4-17-8-21/h1-8H,(H,18,19,20,22). The van der Waals surface area contributed by atoms with E-state index in [1.54, 1.807) is 17.0 Å². The molecule has 2 aromatic heterocycles. The van der Waals surface area contributed by atoms with Gasteiger partial charge in [0.1, 0.15) is 41.5 Å². The molecule has 22 heavy (non-hydrogen) atoms. The average molecular weight is 301 g/mol. The number of aromatic nitrogens is 4. The number of rotatable bonds is 3. The molecule has 0 fully saturated rings. The van der Waals surface area contributed by atoms with Crippen LogP contribution in [0, 0.1) is 11.6 Å². The Kier molecular flexibility index (Phi) is 3.57. The number of carbonyl (C=O) groups is 1. The Morgan fingerprint density at radius 1 is 1.18 bits per heavy atom. The first-order chi connectivity index (χ1) is 10.6. The second kappa shape index (κ2) is 5.68. The van der Waals surface area contributed by atoms with E-state index >= 15 is 0 Å². The molecule has 2 heterocycles. The Morgan fingerprint density at radius 3 is 2.64 bits per heavy atom. The lowest BCUT2D eigenvalue weighted by Crippen LogP contribution is -2.17. The minimum Gasteiger partial charge on any atom is -0.306 e. The molecule has 0 unspecified atom stereocenters. The van der Waals surface area contributed by atoms with Gasteiger partial charge in [-0.15, -0.1) is 0 Å². The Balaban J connectivity index is 1.87. The molecule has 3 aromatic rings. The molecule has 110 valence electrons. The molecule has 0 aliphatic carbocycles. The Morgan fingerprint density at radius 2 is 1.95 bits per heavy atom. The van der Waals surface area contributed by atoms with Crippen LogP contribution in [-0.2, 0) is 0 Å². The van der Waals surface area contributed by atoms with Crippen molar-refractivity contribution in [1.82, 2.24) is 19.5 Å². The van der Waals surface area contributed by atoms with Crippen molar-refractivity contribution in [3.05, 3.63) is 66.5 Å². The highest BCUT2D eigenvalue weighted by Gasteiger charge is 2.17. The topological polar surface area (TPSA) is 72.7 Å². The summed E-state index contributed by atoms with van der Waals surface area (Å²) in [7, 11) is 0. The van der Waals surface area contributed by atoms with Gasteiger partial charge in [0, 0.05) is 18.5 Å². The largest absolute Gasteiger partial charge is 0.306 e. The monoisotopic (exact) mass is 301 g/mol. The number of hydrogen-bond acceptors (Lipinski definition) is 4. The molecule has 0 radical (unpaired) electrons. The summed E-state index contributed by atoms with van der Waals surface area (Å²) < 4.78 is 28.7. The van der Waals surface area contributed by atoms with Crippen LogP contribution in [-0.4, -0.2) is 25.4 Å². The second-order valence-electron chi connectivity index (χ2n) is 4.28. The first kappa shape index (κ1) is 13.8. The van der Waals surface area contributed by atoms with Crippen LogP contribution in [0.3, 0.4) is 0 Å². The number of nitrogens with zero attached hydrogens (tertiary/aromatic N) is 4. The lowest BCUT2D eigenvalue weighted by atomic mass is 10.2. The van der Waals surface area contributed by atoms with Gasteiger partial charge in [-0.3, -0.25) is 9.36 Å². The summed E-state index contributed by atoms with van der Waals surface area (Å²) in [6.45, 7) is 0. The molecule has 0 saturated heterocycles. The van der Waals surface area contributed by atoms with Gasteiger partial charge in [-0.1, -0.05) is 6.07 Å². The van der Waals surface area contributed by atoms with Crippen molar-refractivity contribution in [3.8, 4) is 5.82 Å². The molecule has 1 amide bonds. The number of nitrogens with one attached hydrogen (secondary N) is 1. The lowest BCUT2D eigenvalue weighted by molar-refractivity contribution is 0.101. The minimum atomic E-state index is -0.943. The highest BCUT2D eigenvalue weighted by atomic mass is 19.1. The molecule has 0 bridgehead atoms. The normalized spacial score (nSPS) is 10.5. The molecule has 0 spiro atoms. The van der Waals surface area contributed by atoms with E-state index in [-0.39, 0.29) is 5.82 Å².